The van der Waals surface area contributed by atoms with E-state index in [4.69, 9.17) is 4.42 Å². The van der Waals surface area contributed by atoms with Gasteiger partial charge in [0.2, 0.25) is 11.8 Å². The van der Waals surface area contributed by atoms with Gasteiger partial charge in [-0.25, -0.2) is 0 Å². The first-order chi connectivity index (χ1) is 7.90. The van der Waals surface area contributed by atoms with Crippen LogP contribution in [0.4, 0.5) is 0 Å². The molecule has 0 spiro atoms. The SMILES string of the molecule is CC(=O)N(C)CC(=O)N[C@H](C)c1ccc(C)o1. The van der Waals surface area contributed by atoms with Crippen LogP contribution in [0.3, 0.4) is 0 Å². The van der Waals surface area contributed by atoms with Crippen LogP contribution in [0.15, 0.2) is 16.5 Å². The number of carbonyl (C=O) groups is 2. The van der Waals surface area contributed by atoms with Gasteiger partial charge in [0.15, 0.2) is 0 Å². The number of nitrogens with one attached hydrogen (secondary N) is 1. The highest BCUT2D eigenvalue weighted by molar-refractivity contribution is 5.83. The van der Waals surface area contributed by atoms with Crippen molar-refractivity contribution in [2.45, 2.75) is 26.8 Å². The van der Waals surface area contributed by atoms with Gasteiger partial charge in [-0.2, -0.15) is 0 Å². The minimum atomic E-state index is -0.204. The molecule has 1 aromatic heterocycles. The molecule has 1 rings (SSSR count). The van der Waals surface area contributed by atoms with Gasteiger partial charge in [-0.05, 0) is 26.0 Å². The first-order valence-corrected chi connectivity index (χ1v) is 5.47. The Balaban J connectivity index is 2.49. The number of hydrogen-bond acceptors (Lipinski definition) is 3. The van der Waals surface area contributed by atoms with E-state index < -0.39 is 0 Å². The summed E-state index contributed by atoms with van der Waals surface area (Å²) >= 11 is 0. The van der Waals surface area contributed by atoms with E-state index in [1.54, 1.807) is 7.05 Å². The molecule has 17 heavy (non-hydrogen) atoms. The molecule has 0 unspecified atom stereocenters. The number of nitrogens with zero attached hydrogens (tertiary/aromatic N) is 1. The van der Waals surface area contributed by atoms with Crippen LogP contribution in [0, 0.1) is 6.92 Å². The van der Waals surface area contributed by atoms with Crippen molar-refractivity contribution in [3.8, 4) is 0 Å². The van der Waals surface area contributed by atoms with Gasteiger partial charge in [-0.15, -0.1) is 0 Å². The molecule has 1 aromatic rings. The van der Waals surface area contributed by atoms with Crippen LogP contribution in [-0.4, -0.2) is 30.3 Å². The van der Waals surface area contributed by atoms with Crippen LogP contribution in [0.1, 0.15) is 31.4 Å². The van der Waals surface area contributed by atoms with Crippen molar-refractivity contribution in [2.75, 3.05) is 13.6 Å². The van der Waals surface area contributed by atoms with E-state index in [2.05, 4.69) is 5.32 Å². The van der Waals surface area contributed by atoms with E-state index in [0.717, 1.165) is 5.76 Å². The second-order valence-corrected chi connectivity index (χ2v) is 4.11. The Bertz CT molecular complexity index is 412. The van der Waals surface area contributed by atoms with Gasteiger partial charge in [-0.3, -0.25) is 9.59 Å². The maximum atomic E-state index is 11.6. The van der Waals surface area contributed by atoms with Crippen LogP contribution < -0.4 is 5.32 Å². The summed E-state index contributed by atoms with van der Waals surface area (Å²) in [6.07, 6.45) is 0. The van der Waals surface area contributed by atoms with Crippen molar-refractivity contribution >= 4 is 11.8 Å². The number of likely N-dealkylation sites (N-methyl/N-ethyl adjacent to an activating group) is 1. The van der Waals surface area contributed by atoms with Gasteiger partial charge < -0.3 is 14.6 Å². The Morgan fingerprint density at radius 3 is 2.59 bits per heavy atom. The fourth-order valence-electron chi connectivity index (χ4n) is 1.37. The highest BCUT2D eigenvalue weighted by Crippen LogP contribution is 2.15. The lowest BCUT2D eigenvalue weighted by Gasteiger charge is -2.16. The van der Waals surface area contributed by atoms with E-state index in [9.17, 15) is 9.59 Å². The molecule has 0 aromatic carbocycles. The smallest absolute Gasteiger partial charge is 0.240 e. The minimum absolute atomic E-state index is 0.0549. The number of furan rings is 1. The summed E-state index contributed by atoms with van der Waals surface area (Å²) in [6, 6.07) is 3.48. The third kappa shape index (κ3) is 3.94. The summed E-state index contributed by atoms with van der Waals surface area (Å²) < 4.78 is 5.40. The van der Waals surface area contributed by atoms with Gasteiger partial charge >= 0.3 is 0 Å². The van der Waals surface area contributed by atoms with Crippen molar-refractivity contribution in [1.29, 1.82) is 0 Å². The molecule has 0 aliphatic heterocycles. The molecule has 0 saturated carbocycles. The van der Waals surface area contributed by atoms with Gasteiger partial charge in [-0.1, -0.05) is 0 Å². The molecule has 1 heterocycles. The molecule has 0 aliphatic carbocycles. The van der Waals surface area contributed by atoms with Crippen LogP contribution in [0.5, 0.6) is 0 Å². The zero-order chi connectivity index (χ0) is 13.0. The average molecular weight is 238 g/mol. The Hall–Kier alpha value is -1.78. The van der Waals surface area contributed by atoms with Crippen molar-refractivity contribution in [3.63, 3.8) is 0 Å². The zero-order valence-electron chi connectivity index (χ0n) is 10.6. The molecular formula is C12H18N2O3. The normalized spacial score (nSPS) is 12.0. The zero-order valence-corrected chi connectivity index (χ0v) is 10.6. The molecular weight excluding hydrogens is 220 g/mol. The first-order valence-electron chi connectivity index (χ1n) is 5.47. The Kier molecular flexibility index (Phi) is 4.31. The van der Waals surface area contributed by atoms with Gasteiger partial charge in [0.1, 0.15) is 11.5 Å². The topological polar surface area (TPSA) is 62.6 Å². The van der Waals surface area contributed by atoms with Gasteiger partial charge in [0, 0.05) is 14.0 Å². The minimum Gasteiger partial charge on any atom is -0.464 e. The molecule has 1 atom stereocenters. The summed E-state index contributed by atoms with van der Waals surface area (Å²) in [7, 11) is 1.59. The second-order valence-electron chi connectivity index (χ2n) is 4.11. The molecule has 0 fully saturated rings. The number of hydrogen-bond donors (Lipinski definition) is 1. The molecule has 0 saturated heterocycles. The third-order valence-corrected chi connectivity index (χ3v) is 2.48. The van der Waals surface area contributed by atoms with Crippen molar-refractivity contribution in [1.82, 2.24) is 10.2 Å². The summed E-state index contributed by atoms with van der Waals surface area (Å²) in [6.45, 7) is 5.16. The fourth-order valence-corrected chi connectivity index (χ4v) is 1.37. The molecule has 94 valence electrons. The highest BCUT2D eigenvalue weighted by Gasteiger charge is 2.14. The van der Waals surface area contributed by atoms with Crippen LogP contribution in [0.2, 0.25) is 0 Å². The molecule has 1 N–H and O–H groups in total. The highest BCUT2D eigenvalue weighted by atomic mass is 16.3. The Morgan fingerprint density at radius 1 is 1.47 bits per heavy atom. The van der Waals surface area contributed by atoms with E-state index in [0.29, 0.717) is 5.76 Å². The monoisotopic (exact) mass is 238 g/mol. The van der Waals surface area contributed by atoms with Gasteiger partial charge in [0.25, 0.3) is 0 Å². The van der Waals surface area contributed by atoms with Crippen LogP contribution in [-0.2, 0) is 9.59 Å². The standard InChI is InChI=1S/C12H18N2O3/c1-8-5-6-11(17-8)9(2)13-12(16)7-14(4)10(3)15/h5-6,9H,7H2,1-4H3,(H,13,16)/t9-/m1/s1. The Labute approximate surface area is 101 Å². The fraction of sp³-hybridized carbons (Fsp3) is 0.500. The van der Waals surface area contributed by atoms with E-state index >= 15 is 0 Å². The molecule has 2 amide bonds. The number of amides is 2. The van der Waals surface area contributed by atoms with Crippen molar-refractivity contribution in [2.24, 2.45) is 0 Å². The maximum Gasteiger partial charge on any atom is 0.240 e. The largest absolute Gasteiger partial charge is 0.464 e. The quantitative estimate of drug-likeness (QED) is 0.858. The summed E-state index contributed by atoms with van der Waals surface area (Å²) in [5, 5.41) is 2.77. The first kappa shape index (κ1) is 13.3. The summed E-state index contributed by atoms with van der Waals surface area (Å²) in [5.41, 5.74) is 0. The summed E-state index contributed by atoms with van der Waals surface area (Å²) in [5.74, 6) is 1.18. The Morgan fingerprint density at radius 2 is 2.12 bits per heavy atom. The lowest BCUT2D eigenvalue weighted by molar-refractivity contribution is -0.133. The number of carbonyl (C=O) groups excluding carboxylic acids is 2. The molecule has 5 nitrogen and oxygen atoms in total. The lowest BCUT2D eigenvalue weighted by Crippen LogP contribution is -2.38. The van der Waals surface area contributed by atoms with Crippen LogP contribution >= 0.6 is 0 Å². The summed E-state index contributed by atoms with van der Waals surface area (Å²) in [4.78, 5) is 23.9. The van der Waals surface area contributed by atoms with Crippen LogP contribution in [0.25, 0.3) is 0 Å². The molecule has 0 radical (unpaired) electrons. The maximum absolute atomic E-state index is 11.6. The predicted octanol–water partition coefficient (Wildman–Crippen LogP) is 1.24. The van der Waals surface area contributed by atoms with Crippen molar-refractivity contribution in [3.05, 3.63) is 23.7 Å². The molecule has 0 bridgehead atoms. The van der Waals surface area contributed by atoms with Crippen molar-refractivity contribution < 1.29 is 14.0 Å². The third-order valence-electron chi connectivity index (χ3n) is 2.48. The number of aryl methyl sites for hydroxylation is 1. The van der Waals surface area contributed by atoms with Gasteiger partial charge in [0.05, 0.1) is 12.6 Å². The second kappa shape index (κ2) is 5.52. The average Bonchev–Trinajstić information content (AvgIpc) is 2.64. The predicted molar refractivity (Wildman–Crippen MR) is 63.3 cm³/mol. The molecule has 5 heteroatoms. The lowest BCUT2D eigenvalue weighted by atomic mass is 10.2. The van der Waals surface area contributed by atoms with E-state index in [-0.39, 0.29) is 24.4 Å². The number of rotatable bonds is 4. The van der Waals surface area contributed by atoms with E-state index in [1.807, 2.05) is 26.0 Å². The molecule has 0 aliphatic rings. The van der Waals surface area contributed by atoms with E-state index in [1.165, 1.54) is 11.8 Å².